The minimum absolute atomic E-state index is 0.000176. The van der Waals surface area contributed by atoms with Crippen molar-refractivity contribution in [3.8, 4) is 11.8 Å². The Bertz CT molecular complexity index is 717. The number of halogens is 2. The predicted octanol–water partition coefficient (Wildman–Crippen LogP) is 3.08. The third-order valence-electron chi connectivity index (χ3n) is 2.64. The topological polar surface area (TPSA) is 49.3 Å². The van der Waals surface area contributed by atoms with Crippen LogP contribution in [0.3, 0.4) is 0 Å². The maximum Gasteiger partial charge on any atom is 0.255 e. The third-order valence-corrected chi connectivity index (χ3v) is 2.94. The molecule has 5 heteroatoms. The first-order valence-electron chi connectivity index (χ1n) is 6.06. The van der Waals surface area contributed by atoms with E-state index in [1.807, 2.05) is 0 Å². The molecule has 0 saturated carbocycles. The van der Waals surface area contributed by atoms with Gasteiger partial charge in [0.05, 0.1) is 5.02 Å². The van der Waals surface area contributed by atoms with Gasteiger partial charge in [0.25, 0.3) is 5.91 Å². The molecule has 106 valence electrons. The lowest BCUT2D eigenvalue weighted by molar-refractivity contribution is 0.102. The van der Waals surface area contributed by atoms with E-state index < -0.39 is 5.82 Å². The lowest BCUT2D eigenvalue weighted by Crippen LogP contribution is -2.11. The van der Waals surface area contributed by atoms with Crippen LogP contribution in [0.15, 0.2) is 42.5 Å². The van der Waals surface area contributed by atoms with Crippen LogP contribution in [-0.4, -0.2) is 17.6 Å². The smallest absolute Gasteiger partial charge is 0.255 e. The van der Waals surface area contributed by atoms with E-state index in [9.17, 15) is 9.18 Å². The Morgan fingerprint density at radius 3 is 2.57 bits per heavy atom. The van der Waals surface area contributed by atoms with Crippen molar-refractivity contribution >= 4 is 23.2 Å². The van der Waals surface area contributed by atoms with Crippen molar-refractivity contribution in [1.82, 2.24) is 0 Å². The highest BCUT2D eigenvalue weighted by molar-refractivity contribution is 6.30. The number of aliphatic hydroxyl groups excluding tert-OH is 1. The maximum atomic E-state index is 13.3. The molecule has 2 aromatic rings. The van der Waals surface area contributed by atoms with E-state index in [4.69, 9.17) is 16.7 Å². The van der Waals surface area contributed by atoms with Gasteiger partial charge in [-0.2, -0.15) is 0 Å². The van der Waals surface area contributed by atoms with Gasteiger partial charge in [-0.25, -0.2) is 4.39 Å². The SMILES string of the molecule is O=C(Nc1ccc(Cl)c(F)c1)c1ccc(C#CCO)cc1. The summed E-state index contributed by atoms with van der Waals surface area (Å²) in [6.45, 7) is -0.218. The van der Waals surface area contributed by atoms with Crippen molar-refractivity contribution in [2.75, 3.05) is 11.9 Å². The molecule has 0 aliphatic rings. The monoisotopic (exact) mass is 303 g/mol. The van der Waals surface area contributed by atoms with Crippen molar-refractivity contribution in [3.05, 3.63) is 64.4 Å². The van der Waals surface area contributed by atoms with Crippen molar-refractivity contribution in [3.63, 3.8) is 0 Å². The highest BCUT2D eigenvalue weighted by atomic mass is 35.5. The van der Waals surface area contributed by atoms with Gasteiger partial charge in [-0.15, -0.1) is 0 Å². The highest BCUT2D eigenvalue weighted by Crippen LogP contribution is 2.19. The summed E-state index contributed by atoms with van der Waals surface area (Å²) < 4.78 is 13.3. The number of anilines is 1. The van der Waals surface area contributed by atoms with Crippen LogP contribution in [-0.2, 0) is 0 Å². The zero-order valence-corrected chi connectivity index (χ0v) is 11.6. The van der Waals surface area contributed by atoms with Crippen molar-refractivity contribution < 1.29 is 14.3 Å². The van der Waals surface area contributed by atoms with Gasteiger partial charge in [-0.1, -0.05) is 23.4 Å². The summed E-state index contributed by atoms with van der Waals surface area (Å²) in [7, 11) is 0. The van der Waals surface area contributed by atoms with E-state index in [-0.39, 0.29) is 17.5 Å². The standard InChI is InChI=1S/C16H11ClFNO2/c17-14-8-7-13(10-15(14)18)19-16(21)12-5-3-11(4-6-12)2-1-9-20/h3-8,10,20H,9H2,(H,19,21). The molecule has 0 aliphatic carbocycles. The van der Waals surface area contributed by atoms with Crippen LogP contribution in [0.5, 0.6) is 0 Å². The number of benzene rings is 2. The van der Waals surface area contributed by atoms with Gasteiger partial charge in [0, 0.05) is 16.8 Å². The lowest BCUT2D eigenvalue weighted by Gasteiger charge is -2.06. The molecule has 1 amide bonds. The highest BCUT2D eigenvalue weighted by Gasteiger charge is 2.07. The largest absolute Gasteiger partial charge is 0.384 e. The Kier molecular flexibility index (Phi) is 4.94. The van der Waals surface area contributed by atoms with E-state index in [1.165, 1.54) is 12.1 Å². The summed E-state index contributed by atoms with van der Waals surface area (Å²) >= 11 is 5.57. The van der Waals surface area contributed by atoms with E-state index in [0.29, 0.717) is 16.8 Å². The van der Waals surface area contributed by atoms with Crippen molar-refractivity contribution in [2.24, 2.45) is 0 Å². The molecule has 0 fully saturated rings. The Hall–Kier alpha value is -2.35. The quantitative estimate of drug-likeness (QED) is 0.838. The first-order chi connectivity index (χ1) is 10.1. The number of aliphatic hydroxyl groups is 1. The maximum absolute atomic E-state index is 13.3. The van der Waals surface area contributed by atoms with Crippen LogP contribution in [0.2, 0.25) is 5.02 Å². The molecule has 0 heterocycles. The number of hydrogen-bond donors (Lipinski definition) is 2. The number of rotatable bonds is 2. The first kappa shape index (κ1) is 15.0. The number of amides is 1. The minimum atomic E-state index is -0.593. The molecule has 0 saturated heterocycles. The second-order valence-electron chi connectivity index (χ2n) is 4.12. The Morgan fingerprint density at radius 1 is 1.24 bits per heavy atom. The predicted molar refractivity (Wildman–Crippen MR) is 79.8 cm³/mol. The summed E-state index contributed by atoms with van der Waals surface area (Å²) in [6, 6.07) is 10.6. The summed E-state index contributed by atoms with van der Waals surface area (Å²) in [6.07, 6.45) is 0. The third kappa shape index (κ3) is 4.06. The Labute approximate surface area is 126 Å². The Balaban J connectivity index is 2.11. The van der Waals surface area contributed by atoms with Crippen LogP contribution in [0.1, 0.15) is 15.9 Å². The van der Waals surface area contributed by atoms with Gasteiger partial charge in [-0.3, -0.25) is 4.79 Å². The van der Waals surface area contributed by atoms with E-state index in [1.54, 1.807) is 24.3 Å². The van der Waals surface area contributed by atoms with Crippen molar-refractivity contribution in [2.45, 2.75) is 0 Å². The van der Waals surface area contributed by atoms with Crippen molar-refractivity contribution in [1.29, 1.82) is 0 Å². The number of nitrogens with one attached hydrogen (secondary N) is 1. The van der Waals surface area contributed by atoms with Gasteiger partial charge < -0.3 is 10.4 Å². The van der Waals surface area contributed by atoms with Gasteiger partial charge >= 0.3 is 0 Å². The molecule has 2 rings (SSSR count). The normalized spacial score (nSPS) is 9.67. The average Bonchev–Trinajstić information content (AvgIpc) is 2.49. The molecule has 2 aromatic carbocycles. The molecule has 0 bridgehead atoms. The second kappa shape index (κ2) is 6.89. The molecule has 0 spiro atoms. The van der Waals surface area contributed by atoms with E-state index in [0.717, 1.165) is 6.07 Å². The summed E-state index contributed by atoms with van der Waals surface area (Å²) in [5.41, 5.74) is 1.43. The second-order valence-corrected chi connectivity index (χ2v) is 4.53. The van der Waals surface area contributed by atoms with Crippen LogP contribution in [0, 0.1) is 17.7 Å². The summed E-state index contributed by atoms with van der Waals surface area (Å²) in [5, 5.41) is 11.2. The molecule has 0 unspecified atom stereocenters. The zero-order valence-electron chi connectivity index (χ0n) is 10.9. The summed E-state index contributed by atoms with van der Waals surface area (Å²) in [4.78, 5) is 12.0. The fourth-order valence-electron chi connectivity index (χ4n) is 1.62. The van der Waals surface area contributed by atoms with Gasteiger partial charge in [0.1, 0.15) is 12.4 Å². The van der Waals surface area contributed by atoms with Crippen LogP contribution >= 0.6 is 11.6 Å². The molecule has 0 atom stereocenters. The molecule has 0 aromatic heterocycles. The van der Waals surface area contributed by atoms with Crippen LogP contribution < -0.4 is 5.32 Å². The number of hydrogen-bond acceptors (Lipinski definition) is 2. The zero-order chi connectivity index (χ0) is 15.2. The molecule has 0 aliphatic heterocycles. The van der Waals surface area contributed by atoms with Crippen LogP contribution in [0.4, 0.5) is 10.1 Å². The van der Waals surface area contributed by atoms with E-state index in [2.05, 4.69) is 17.2 Å². The van der Waals surface area contributed by atoms with Gasteiger partial charge in [0.15, 0.2) is 0 Å². The molecule has 3 nitrogen and oxygen atoms in total. The van der Waals surface area contributed by atoms with E-state index >= 15 is 0 Å². The average molecular weight is 304 g/mol. The molecular weight excluding hydrogens is 293 g/mol. The molecule has 2 N–H and O–H groups in total. The molecule has 21 heavy (non-hydrogen) atoms. The fourth-order valence-corrected chi connectivity index (χ4v) is 1.74. The number of carbonyl (C=O) groups is 1. The minimum Gasteiger partial charge on any atom is -0.384 e. The fraction of sp³-hybridized carbons (Fsp3) is 0.0625. The number of carbonyl (C=O) groups excluding carboxylic acids is 1. The van der Waals surface area contributed by atoms with Gasteiger partial charge in [-0.05, 0) is 42.5 Å². The lowest BCUT2D eigenvalue weighted by atomic mass is 10.1. The Morgan fingerprint density at radius 2 is 1.95 bits per heavy atom. The molecule has 0 radical (unpaired) electrons. The summed E-state index contributed by atoms with van der Waals surface area (Å²) in [5.74, 6) is 4.29. The van der Waals surface area contributed by atoms with Gasteiger partial charge in [0.2, 0.25) is 0 Å². The van der Waals surface area contributed by atoms with Crippen LogP contribution in [0.25, 0.3) is 0 Å². The molecular formula is C16H11ClFNO2. The first-order valence-corrected chi connectivity index (χ1v) is 6.44.